The van der Waals surface area contributed by atoms with Crippen LogP contribution in [0.4, 0.5) is 15.9 Å². The SMILES string of the molecule is NCCNc1nccc2c(F)ccc(N)c12. The molecule has 0 radical (unpaired) electrons. The Morgan fingerprint density at radius 2 is 2.12 bits per heavy atom. The Balaban J connectivity index is 2.61. The summed E-state index contributed by atoms with van der Waals surface area (Å²) in [6, 6.07) is 4.49. The van der Waals surface area contributed by atoms with Crippen LogP contribution in [0.25, 0.3) is 10.8 Å². The van der Waals surface area contributed by atoms with Gasteiger partial charge in [0, 0.05) is 30.4 Å². The number of pyridine rings is 1. The molecule has 0 unspecified atom stereocenters. The van der Waals surface area contributed by atoms with Crippen LogP contribution in [0, 0.1) is 5.82 Å². The molecule has 2 aromatic rings. The summed E-state index contributed by atoms with van der Waals surface area (Å²) >= 11 is 0. The van der Waals surface area contributed by atoms with Crippen molar-refractivity contribution in [2.75, 3.05) is 24.1 Å². The number of nitrogens with zero attached hydrogens (tertiary/aromatic N) is 1. The normalized spacial score (nSPS) is 10.6. The third-order valence-corrected chi connectivity index (χ3v) is 2.34. The molecular formula is C11H13FN4. The van der Waals surface area contributed by atoms with Gasteiger partial charge in [0.25, 0.3) is 0 Å². The lowest BCUT2D eigenvalue weighted by atomic mass is 10.1. The molecule has 0 atom stereocenters. The van der Waals surface area contributed by atoms with Crippen LogP contribution < -0.4 is 16.8 Å². The van der Waals surface area contributed by atoms with Crippen molar-refractivity contribution >= 4 is 22.3 Å². The molecule has 0 bridgehead atoms. The van der Waals surface area contributed by atoms with Crippen molar-refractivity contribution in [1.82, 2.24) is 4.98 Å². The van der Waals surface area contributed by atoms with Gasteiger partial charge in [-0.15, -0.1) is 0 Å². The summed E-state index contributed by atoms with van der Waals surface area (Å²) in [5.74, 6) is 0.266. The molecule has 0 aliphatic heterocycles. The molecule has 84 valence electrons. The summed E-state index contributed by atoms with van der Waals surface area (Å²) in [5.41, 5.74) is 11.7. The van der Waals surface area contributed by atoms with E-state index >= 15 is 0 Å². The molecule has 2 rings (SSSR count). The standard InChI is InChI=1S/C11H13FN4/c12-8-1-2-9(14)10-7(8)3-5-15-11(10)16-6-4-13/h1-3,5H,4,6,13-14H2,(H,15,16). The van der Waals surface area contributed by atoms with Crippen LogP contribution in [0.1, 0.15) is 0 Å². The molecule has 0 aliphatic carbocycles. The van der Waals surface area contributed by atoms with Crippen molar-refractivity contribution in [2.24, 2.45) is 5.73 Å². The summed E-state index contributed by atoms with van der Waals surface area (Å²) in [7, 11) is 0. The molecule has 1 aromatic carbocycles. The van der Waals surface area contributed by atoms with Gasteiger partial charge in [0.15, 0.2) is 0 Å². The van der Waals surface area contributed by atoms with Crippen molar-refractivity contribution in [3.05, 3.63) is 30.2 Å². The highest BCUT2D eigenvalue weighted by Crippen LogP contribution is 2.28. The summed E-state index contributed by atoms with van der Waals surface area (Å²) in [6.07, 6.45) is 1.55. The molecule has 5 N–H and O–H groups in total. The van der Waals surface area contributed by atoms with Crippen LogP contribution in [0.15, 0.2) is 24.4 Å². The van der Waals surface area contributed by atoms with E-state index in [0.29, 0.717) is 35.4 Å². The number of rotatable bonds is 3. The van der Waals surface area contributed by atoms with Crippen molar-refractivity contribution in [3.8, 4) is 0 Å². The average Bonchev–Trinajstić information content (AvgIpc) is 2.31. The number of aromatic nitrogens is 1. The molecule has 0 fully saturated rings. The van der Waals surface area contributed by atoms with Crippen LogP contribution in [-0.2, 0) is 0 Å². The monoisotopic (exact) mass is 220 g/mol. The van der Waals surface area contributed by atoms with E-state index in [1.165, 1.54) is 12.1 Å². The lowest BCUT2D eigenvalue weighted by molar-refractivity contribution is 0.640. The van der Waals surface area contributed by atoms with Crippen LogP contribution in [-0.4, -0.2) is 18.1 Å². The van der Waals surface area contributed by atoms with Crippen LogP contribution in [0.3, 0.4) is 0 Å². The fourth-order valence-electron chi connectivity index (χ4n) is 1.61. The van der Waals surface area contributed by atoms with Gasteiger partial charge in [-0.3, -0.25) is 0 Å². The third kappa shape index (κ3) is 1.77. The van der Waals surface area contributed by atoms with Gasteiger partial charge in [0.1, 0.15) is 11.6 Å². The highest BCUT2D eigenvalue weighted by atomic mass is 19.1. The van der Waals surface area contributed by atoms with E-state index in [1.54, 1.807) is 12.3 Å². The van der Waals surface area contributed by atoms with E-state index in [-0.39, 0.29) is 5.82 Å². The fourth-order valence-corrected chi connectivity index (χ4v) is 1.61. The first-order valence-electron chi connectivity index (χ1n) is 5.00. The number of halogens is 1. The van der Waals surface area contributed by atoms with Crippen LogP contribution in [0.2, 0.25) is 0 Å². The van der Waals surface area contributed by atoms with E-state index in [1.807, 2.05) is 0 Å². The van der Waals surface area contributed by atoms with Crippen molar-refractivity contribution in [2.45, 2.75) is 0 Å². The highest BCUT2D eigenvalue weighted by Gasteiger charge is 2.08. The summed E-state index contributed by atoms with van der Waals surface area (Å²) in [4.78, 5) is 4.13. The van der Waals surface area contributed by atoms with Crippen molar-refractivity contribution in [3.63, 3.8) is 0 Å². The second kappa shape index (κ2) is 4.32. The third-order valence-electron chi connectivity index (χ3n) is 2.34. The van der Waals surface area contributed by atoms with Crippen LogP contribution in [0.5, 0.6) is 0 Å². The second-order valence-corrected chi connectivity index (χ2v) is 3.43. The smallest absolute Gasteiger partial charge is 0.136 e. The zero-order valence-electron chi connectivity index (χ0n) is 8.70. The van der Waals surface area contributed by atoms with Crippen LogP contribution >= 0.6 is 0 Å². The lowest BCUT2D eigenvalue weighted by Gasteiger charge is -2.10. The minimum Gasteiger partial charge on any atom is -0.398 e. The Hall–Kier alpha value is -1.88. The fraction of sp³-hybridized carbons (Fsp3) is 0.182. The Bertz CT molecular complexity index is 513. The summed E-state index contributed by atoms with van der Waals surface area (Å²) in [5, 5.41) is 4.10. The maximum Gasteiger partial charge on any atom is 0.136 e. The number of fused-ring (bicyclic) bond motifs is 1. The van der Waals surface area contributed by atoms with Gasteiger partial charge in [-0.25, -0.2) is 9.37 Å². The summed E-state index contributed by atoms with van der Waals surface area (Å²) < 4.78 is 13.5. The molecule has 0 saturated carbocycles. The molecule has 16 heavy (non-hydrogen) atoms. The minimum absolute atomic E-state index is 0.303. The molecule has 5 heteroatoms. The van der Waals surface area contributed by atoms with E-state index in [9.17, 15) is 4.39 Å². The predicted molar refractivity (Wildman–Crippen MR) is 63.7 cm³/mol. The molecular weight excluding hydrogens is 207 g/mol. The maximum absolute atomic E-state index is 13.5. The van der Waals surface area contributed by atoms with E-state index in [0.717, 1.165) is 0 Å². The average molecular weight is 220 g/mol. The number of nitrogen functional groups attached to an aromatic ring is 1. The van der Waals surface area contributed by atoms with Gasteiger partial charge in [-0.2, -0.15) is 0 Å². The quantitative estimate of drug-likeness (QED) is 0.682. The molecule has 0 aliphatic rings. The second-order valence-electron chi connectivity index (χ2n) is 3.43. The van der Waals surface area contributed by atoms with E-state index in [4.69, 9.17) is 11.5 Å². The van der Waals surface area contributed by atoms with E-state index < -0.39 is 0 Å². The van der Waals surface area contributed by atoms with Gasteiger partial charge in [-0.1, -0.05) is 0 Å². The molecule has 0 spiro atoms. The zero-order valence-corrected chi connectivity index (χ0v) is 8.70. The first-order valence-corrected chi connectivity index (χ1v) is 5.00. The number of anilines is 2. The maximum atomic E-state index is 13.5. The Morgan fingerprint density at radius 1 is 1.31 bits per heavy atom. The van der Waals surface area contributed by atoms with Gasteiger partial charge in [-0.05, 0) is 18.2 Å². The highest BCUT2D eigenvalue weighted by molar-refractivity contribution is 6.00. The number of benzene rings is 1. The Labute approximate surface area is 92.5 Å². The van der Waals surface area contributed by atoms with Crippen molar-refractivity contribution < 1.29 is 4.39 Å². The topological polar surface area (TPSA) is 77.0 Å². The zero-order chi connectivity index (χ0) is 11.5. The first kappa shape index (κ1) is 10.6. The summed E-state index contributed by atoms with van der Waals surface area (Å²) in [6.45, 7) is 1.05. The minimum atomic E-state index is -0.303. The number of hydrogen-bond donors (Lipinski definition) is 3. The van der Waals surface area contributed by atoms with E-state index in [2.05, 4.69) is 10.3 Å². The lowest BCUT2D eigenvalue weighted by Crippen LogP contribution is -2.14. The van der Waals surface area contributed by atoms with Gasteiger partial charge < -0.3 is 16.8 Å². The Kier molecular flexibility index (Phi) is 2.87. The largest absolute Gasteiger partial charge is 0.398 e. The molecule has 1 aromatic heterocycles. The number of nitrogens with one attached hydrogen (secondary N) is 1. The molecule has 4 nitrogen and oxygen atoms in total. The predicted octanol–water partition coefficient (Wildman–Crippen LogP) is 1.33. The van der Waals surface area contributed by atoms with Gasteiger partial charge in [0.2, 0.25) is 0 Å². The Morgan fingerprint density at radius 3 is 2.88 bits per heavy atom. The molecule has 0 amide bonds. The number of hydrogen-bond acceptors (Lipinski definition) is 4. The van der Waals surface area contributed by atoms with Crippen molar-refractivity contribution in [1.29, 1.82) is 0 Å². The first-order chi connectivity index (χ1) is 7.74. The number of nitrogens with two attached hydrogens (primary N) is 2. The molecule has 0 saturated heterocycles. The van der Waals surface area contributed by atoms with Gasteiger partial charge >= 0.3 is 0 Å². The molecule has 1 heterocycles. The van der Waals surface area contributed by atoms with Gasteiger partial charge in [0.05, 0.1) is 5.39 Å².